The number of hydrogen-bond acceptors (Lipinski definition) is 21. The molecule has 6 saturated heterocycles. The number of rotatable bonds is 16. The van der Waals surface area contributed by atoms with Crippen molar-refractivity contribution in [2.45, 2.75) is 136 Å². The number of methoxy groups -OCH3 is 1. The summed E-state index contributed by atoms with van der Waals surface area (Å²) in [5, 5.41) is 18.1. The van der Waals surface area contributed by atoms with Crippen LogP contribution in [-0.2, 0) is 33.9 Å². The number of likely N-dealkylation sites (tertiary alicyclic amines) is 3. The van der Waals surface area contributed by atoms with E-state index in [0.717, 1.165) is 160 Å². The van der Waals surface area contributed by atoms with Crippen LogP contribution < -0.4 is 35.2 Å². The number of ether oxygens (including phenoxy) is 1. The molecule has 6 atom stereocenters. The summed E-state index contributed by atoms with van der Waals surface area (Å²) in [5.41, 5.74) is 14.9. The summed E-state index contributed by atoms with van der Waals surface area (Å²) >= 11 is 18.6. The van der Waals surface area contributed by atoms with Crippen molar-refractivity contribution >= 4 is 138 Å². The average Bonchev–Trinajstić information content (AvgIpc) is 1.56. The highest BCUT2D eigenvalue weighted by atomic mass is 35.5. The molecular weight excluding hydrogens is 1560 g/mol. The summed E-state index contributed by atoms with van der Waals surface area (Å²) in [6, 6.07) is 19.0. The molecular formula is C75H95Cl3N19O12PS2. The van der Waals surface area contributed by atoms with Gasteiger partial charge in [-0.2, -0.15) is 15.3 Å². The number of anilines is 6. The normalized spacial score (nSPS) is 20.1. The fourth-order valence-electron chi connectivity index (χ4n) is 15.4. The van der Waals surface area contributed by atoms with E-state index in [1.54, 1.807) is 47.6 Å². The number of nitrogens with zero attached hydrogens (tertiary/aromatic N) is 15. The first-order valence-corrected chi connectivity index (χ1v) is 43.9. The highest BCUT2D eigenvalue weighted by molar-refractivity contribution is 7.92. The predicted octanol–water partition coefficient (Wildman–Crippen LogP) is 12.1. The highest BCUT2D eigenvalue weighted by Gasteiger charge is 2.39. The Labute approximate surface area is 666 Å². The zero-order valence-corrected chi connectivity index (χ0v) is 67.7. The first-order valence-electron chi connectivity index (χ1n) is 36.9. The second-order valence-corrected chi connectivity index (χ2v) is 36.2. The third-order valence-corrected chi connectivity index (χ3v) is 23.2. The summed E-state index contributed by atoms with van der Waals surface area (Å²) in [6.07, 6.45) is 16.7. The maximum absolute atomic E-state index is 13.8. The van der Waals surface area contributed by atoms with Crippen molar-refractivity contribution in [3.8, 4) is 0 Å². The zero-order chi connectivity index (χ0) is 79.1. The number of aryl methyl sites for hydroxylation is 3. The van der Waals surface area contributed by atoms with Gasteiger partial charge in [0.25, 0.3) is 17.7 Å². The Morgan fingerprint density at radius 3 is 1.24 bits per heavy atom. The van der Waals surface area contributed by atoms with E-state index < -0.39 is 33.7 Å². The number of hydrogen-bond donors (Lipinski definition) is 5. The van der Waals surface area contributed by atoms with Crippen LogP contribution in [0.1, 0.15) is 168 Å². The fraction of sp³-hybridized carbons (Fsp3) is 0.467. The molecule has 15 rings (SSSR count). The van der Waals surface area contributed by atoms with Gasteiger partial charge in [0.15, 0.2) is 16.9 Å². The summed E-state index contributed by atoms with van der Waals surface area (Å²) in [4.78, 5) is 89.0. The zero-order valence-electron chi connectivity index (χ0n) is 62.9. The van der Waals surface area contributed by atoms with Gasteiger partial charge in [-0.3, -0.25) is 33.7 Å². The molecule has 112 heavy (non-hydrogen) atoms. The van der Waals surface area contributed by atoms with E-state index in [4.69, 9.17) is 80.0 Å². The molecule has 31 nitrogen and oxygen atoms in total. The minimum atomic E-state index is -3.61. The molecule has 0 spiro atoms. The van der Waals surface area contributed by atoms with Crippen LogP contribution in [0.25, 0.3) is 16.9 Å². The SMILES string of the molecule is C.COC(=O)Nc1ccc(Cl)cc1C(=O)N1CCCC[C@H]1c1cc2nc(N3CC[C@H](N)C3)c(C)cn2n1.Cc1cn2nc([C@@H]3CCCCN3C(=O)c3cc(Cl)ccc3NS(C)(=O)=O)cc2nc1N1CC(OP(C)(=O)O)C1.Cc1cn2nc([C@@H]3CCCCN3C(=O)c3cc(Cl)ccc3NS(C)(=O)=O)cc2nc1N1CC[C@H](C)C1. The molecule has 0 radical (unpaired) electrons. The standard InChI is InChI=1S/C25H30ClN7O3.C25H31ClN6O3S.C24H30ClN6O6PS.CH4/c1-15-13-33-22(29-23(15)31-10-8-17(27)14-31)12-20(30-33)21-5-3-4-9-32(21)24(34)18-11-16(26)6-7-19(18)28-25(35)36-2;1-16-9-11-30(14-16)24-17(2)15-32-23(27-24)13-21(28-32)22-6-4-5-10-31(22)25(33)19-12-18(26)7-8-20(19)29-36(3,34)35;1-15-12-31-22(26-23(15)29-13-17(14-29)37-38(2,33)34)11-20(27-31)21-6-4-5-9-30(21)24(32)18-10-16(25)7-8-19(18)28-39(3,35)36;/h6-7,11-13,17,21H,3-5,8-10,14,27H2,1-2H3,(H,28,35);7-8,12-13,15-16,22,29H,4-6,9-11,14H2,1-3H3;7-8,10-12,17,21,28H,4-6,9,13-14H2,1-3H3,(H,33,34);1H4/t17-,21-;16-,22-;21-;/m000./s1. The number of fused-ring (bicyclic) bond motifs is 3. The molecule has 6 fully saturated rings. The Hall–Kier alpha value is -8.92. The maximum Gasteiger partial charge on any atom is 0.411 e. The van der Waals surface area contributed by atoms with Crippen LogP contribution in [0.2, 0.25) is 15.1 Å². The number of benzene rings is 3. The number of piperidine rings is 3. The number of nitrogens with two attached hydrogens (primary N) is 1. The summed E-state index contributed by atoms with van der Waals surface area (Å²) in [7, 11) is -9.46. The van der Waals surface area contributed by atoms with Gasteiger partial charge in [-0.15, -0.1) is 0 Å². The number of carbonyl (C=O) groups excluding carboxylic acids is 4. The largest absolute Gasteiger partial charge is 0.453 e. The number of nitrogens with one attached hydrogen (secondary N) is 3. The average molecular weight is 1660 g/mol. The molecule has 1 unspecified atom stereocenters. The highest BCUT2D eigenvalue weighted by Crippen LogP contribution is 2.43. The molecule has 12 heterocycles. The van der Waals surface area contributed by atoms with E-state index >= 15 is 0 Å². The van der Waals surface area contributed by atoms with Crippen molar-refractivity contribution < 1.29 is 54.7 Å². The van der Waals surface area contributed by atoms with Crippen molar-refractivity contribution in [2.24, 2.45) is 11.7 Å². The molecule has 9 aromatic rings. The quantitative estimate of drug-likeness (QED) is 0.0561. The van der Waals surface area contributed by atoms with Gasteiger partial charge in [0.1, 0.15) is 23.6 Å². The Morgan fingerprint density at radius 2 is 0.893 bits per heavy atom. The number of carbonyl (C=O) groups is 4. The van der Waals surface area contributed by atoms with E-state index in [-0.39, 0.29) is 77.9 Å². The third kappa shape index (κ3) is 19.1. The van der Waals surface area contributed by atoms with Gasteiger partial charge in [0.2, 0.25) is 20.0 Å². The lowest BCUT2D eigenvalue weighted by Crippen LogP contribution is -2.52. The lowest BCUT2D eigenvalue weighted by atomic mass is 9.98. The number of sulfonamides is 2. The second-order valence-electron chi connectivity index (χ2n) is 29.6. The van der Waals surface area contributed by atoms with Gasteiger partial charge in [0, 0.05) is 140 Å². The Balaban J connectivity index is 0.000000155. The monoisotopic (exact) mass is 1650 g/mol. The molecule has 6 aliphatic heterocycles. The van der Waals surface area contributed by atoms with Crippen LogP contribution in [0.4, 0.5) is 39.3 Å². The molecule has 4 amide bonds. The molecule has 0 saturated carbocycles. The smallest absolute Gasteiger partial charge is 0.411 e. The van der Waals surface area contributed by atoms with Crippen molar-refractivity contribution in [1.82, 2.24) is 58.5 Å². The van der Waals surface area contributed by atoms with Crippen molar-refractivity contribution in [3.05, 3.63) is 157 Å². The van der Waals surface area contributed by atoms with Crippen LogP contribution in [-0.4, -0.2) is 201 Å². The Kier molecular flexibility index (Phi) is 25.1. The summed E-state index contributed by atoms with van der Waals surface area (Å²) < 4.78 is 79.2. The van der Waals surface area contributed by atoms with E-state index in [0.29, 0.717) is 82.7 Å². The second kappa shape index (κ2) is 34.0. The molecule has 6 aliphatic rings. The van der Waals surface area contributed by atoms with E-state index in [1.807, 2.05) is 60.4 Å². The minimum Gasteiger partial charge on any atom is -0.453 e. The minimum absolute atomic E-state index is 0. The van der Waals surface area contributed by atoms with Gasteiger partial charge in [-0.05, 0) is 152 Å². The molecule has 37 heteroatoms. The number of aromatic nitrogens is 9. The lowest BCUT2D eigenvalue weighted by molar-refractivity contribution is 0.0599. The molecule has 0 bridgehead atoms. The van der Waals surface area contributed by atoms with Gasteiger partial charge in [-0.25, -0.2) is 50.1 Å². The van der Waals surface area contributed by atoms with Crippen molar-refractivity contribution in [3.63, 3.8) is 0 Å². The van der Waals surface area contributed by atoms with Gasteiger partial charge in [-0.1, -0.05) is 49.2 Å². The third-order valence-electron chi connectivity index (χ3n) is 20.6. The fourth-order valence-corrected chi connectivity index (χ4v) is 17.8. The van der Waals surface area contributed by atoms with Crippen LogP contribution in [0, 0.1) is 26.7 Å². The summed E-state index contributed by atoms with van der Waals surface area (Å²) in [6.45, 7) is 15.6. The predicted molar refractivity (Wildman–Crippen MR) is 434 cm³/mol. The van der Waals surface area contributed by atoms with Gasteiger partial charge < -0.3 is 49.3 Å². The molecule has 6 N–H and O–H groups in total. The molecule has 3 aromatic carbocycles. The Bertz CT molecular complexity index is 5350. The summed E-state index contributed by atoms with van der Waals surface area (Å²) in [5.74, 6) is 2.48. The Morgan fingerprint density at radius 1 is 0.527 bits per heavy atom. The first kappa shape index (κ1) is 82.5. The number of amides is 4. The first-order chi connectivity index (χ1) is 52.7. The van der Waals surface area contributed by atoms with Gasteiger partial charge >= 0.3 is 13.7 Å². The van der Waals surface area contributed by atoms with Crippen molar-refractivity contribution in [2.75, 3.05) is 115 Å². The topological polar surface area (TPSA) is 364 Å². The lowest BCUT2D eigenvalue weighted by Gasteiger charge is -2.40. The number of halogens is 3. The van der Waals surface area contributed by atoms with Crippen LogP contribution in [0.3, 0.4) is 0 Å². The van der Waals surface area contributed by atoms with Crippen LogP contribution in [0.15, 0.2) is 91.4 Å². The molecule has 0 aliphatic carbocycles. The van der Waals surface area contributed by atoms with Crippen molar-refractivity contribution in [1.29, 1.82) is 0 Å². The van der Waals surface area contributed by atoms with Crippen LogP contribution in [0.5, 0.6) is 0 Å². The van der Waals surface area contributed by atoms with E-state index in [9.17, 15) is 45.5 Å². The van der Waals surface area contributed by atoms with Gasteiger partial charge in [0.05, 0.1) is 88.6 Å². The van der Waals surface area contributed by atoms with E-state index in [2.05, 4.69) is 38.4 Å². The molecule has 6 aromatic heterocycles. The van der Waals surface area contributed by atoms with Crippen LogP contribution >= 0.6 is 42.4 Å². The molecule has 600 valence electrons. The maximum atomic E-state index is 13.8. The van der Waals surface area contributed by atoms with E-state index in [1.165, 1.54) is 44.1 Å².